The van der Waals surface area contributed by atoms with Crippen LogP contribution >= 0.6 is 0 Å². The van der Waals surface area contributed by atoms with Crippen LogP contribution in [-0.4, -0.2) is 17.8 Å². The monoisotopic (exact) mass is 220 g/mol. The van der Waals surface area contributed by atoms with Crippen molar-refractivity contribution in [3.8, 4) is 5.88 Å². The SMILES string of the molecule is NC(=O)c1cc2ccccc2nc1OCF. The van der Waals surface area contributed by atoms with Gasteiger partial charge >= 0.3 is 0 Å². The number of fused-ring (bicyclic) bond motifs is 1. The molecule has 0 aliphatic rings. The smallest absolute Gasteiger partial charge is 0.254 e. The van der Waals surface area contributed by atoms with Crippen molar-refractivity contribution in [2.24, 2.45) is 5.73 Å². The lowest BCUT2D eigenvalue weighted by Gasteiger charge is -2.06. The van der Waals surface area contributed by atoms with Gasteiger partial charge in [-0.05, 0) is 12.1 Å². The molecule has 2 N–H and O–H groups in total. The number of hydrogen-bond acceptors (Lipinski definition) is 3. The standard InChI is InChI=1S/C11H9FN2O2/c12-6-16-11-8(10(13)15)5-7-3-1-2-4-9(7)14-11/h1-5H,6H2,(H2,13,15). The molecule has 2 rings (SSSR count). The first-order valence-corrected chi connectivity index (χ1v) is 4.60. The molecule has 4 nitrogen and oxygen atoms in total. The van der Waals surface area contributed by atoms with E-state index in [0.717, 1.165) is 5.39 Å². The van der Waals surface area contributed by atoms with Gasteiger partial charge in [0.05, 0.1) is 5.52 Å². The topological polar surface area (TPSA) is 65.2 Å². The fourth-order valence-corrected chi connectivity index (χ4v) is 1.44. The zero-order valence-corrected chi connectivity index (χ0v) is 8.31. The summed E-state index contributed by atoms with van der Waals surface area (Å²) in [7, 11) is 0. The van der Waals surface area contributed by atoms with Crippen molar-refractivity contribution >= 4 is 16.8 Å². The van der Waals surface area contributed by atoms with Crippen LogP contribution in [0.2, 0.25) is 0 Å². The second kappa shape index (κ2) is 4.14. The molecule has 1 aromatic carbocycles. The summed E-state index contributed by atoms with van der Waals surface area (Å²) in [6.45, 7) is -1.05. The molecule has 0 spiro atoms. The molecule has 0 fully saturated rings. The van der Waals surface area contributed by atoms with E-state index in [2.05, 4.69) is 9.72 Å². The largest absolute Gasteiger partial charge is 0.445 e. The lowest BCUT2D eigenvalue weighted by atomic mass is 10.1. The number of benzene rings is 1. The third-order valence-electron chi connectivity index (χ3n) is 2.15. The van der Waals surface area contributed by atoms with E-state index in [0.29, 0.717) is 5.52 Å². The van der Waals surface area contributed by atoms with E-state index >= 15 is 0 Å². The van der Waals surface area contributed by atoms with Gasteiger partial charge in [-0.3, -0.25) is 4.79 Å². The minimum atomic E-state index is -1.05. The Morgan fingerprint density at radius 3 is 2.88 bits per heavy atom. The van der Waals surface area contributed by atoms with Gasteiger partial charge < -0.3 is 10.5 Å². The minimum absolute atomic E-state index is 0.0753. The number of primary amides is 1. The fourth-order valence-electron chi connectivity index (χ4n) is 1.44. The van der Waals surface area contributed by atoms with Crippen molar-refractivity contribution in [1.29, 1.82) is 0 Å². The van der Waals surface area contributed by atoms with Crippen molar-refractivity contribution in [3.05, 3.63) is 35.9 Å². The quantitative estimate of drug-likeness (QED) is 0.855. The van der Waals surface area contributed by atoms with Gasteiger partial charge in [0.1, 0.15) is 5.56 Å². The van der Waals surface area contributed by atoms with E-state index in [4.69, 9.17) is 5.73 Å². The predicted octanol–water partition coefficient (Wildman–Crippen LogP) is 1.64. The number of pyridine rings is 1. The maximum Gasteiger partial charge on any atom is 0.254 e. The molecule has 0 bridgehead atoms. The van der Waals surface area contributed by atoms with Crippen LogP contribution in [0.3, 0.4) is 0 Å². The van der Waals surface area contributed by atoms with Gasteiger partial charge in [-0.25, -0.2) is 9.37 Å². The highest BCUT2D eigenvalue weighted by Gasteiger charge is 2.12. The van der Waals surface area contributed by atoms with Gasteiger partial charge in [-0.1, -0.05) is 18.2 Å². The average molecular weight is 220 g/mol. The lowest BCUT2D eigenvalue weighted by Crippen LogP contribution is -2.14. The number of nitrogens with zero attached hydrogens (tertiary/aromatic N) is 1. The van der Waals surface area contributed by atoms with Crippen molar-refractivity contribution < 1.29 is 13.9 Å². The molecule has 2 aromatic rings. The zero-order valence-electron chi connectivity index (χ0n) is 8.31. The second-order valence-electron chi connectivity index (χ2n) is 3.15. The molecule has 1 amide bonds. The molecule has 0 saturated carbocycles. The Balaban J connectivity index is 2.65. The molecular weight excluding hydrogens is 211 g/mol. The normalized spacial score (nSPS) is 10.3. The summed E-state index contributed by atoms with van der Waals surface area (Å²) in [6.07, 6.45) is 0. The Morgan fingerprint density at radius 1 is 1.44 bits per heavy atom. The van der Waals surface area contributed by atoms with Gasteiger partial charge in [0.15, 0.2) is 0 Å². The molecule has 0 saturated heterocycles. The summed E-state index contributed by atoms with van der Waals surface area (Å²) in [6, 6.07) is 8.66. The summed E-state index contributed by atoms with van der Waals surface area (Å²) >= 11 is 0. The van der Waals surface area contributed by atoms with Crippen molar-refractivity contribution in [2.75, 3.05) is 6.86 Å². The fraction of sp³-hybridized carbons (Fsp3) is 0.0909. The molecule has 0 aliphatic carbocycles. The molecule has 16 heavy (non-hydrogen) atoms. The molecule has 0 unspecified atom stereocenters. The number of para-hydroxylation sites is 1. The predicted molar refractivity (Wildman–Crippen MR) is 56.9 cm³/mol. The van der Waals surface area contributed by atoms with Crippen molar-refractivity contribution in [2.45, 2.75) is 0 Å². The summed E-state index contributed by atoms with van der Waals surface area (Å²) in [5.41, 5.74) is 5.86. The van der Waals surface area contributed by atoms with E-state index in [1.807, 2.05) is 6.07 Å². The Morgan fingerprint density at radius 2 is 2.19 bits per heavy atom. The van der Waals surface area contributed by atoms with E-state index in [1.165, 1.54) is 6.07 Å². The number of carbonyl (C=O) groups excluding carboxylic acids is 1. The number of rotatable bonds is 3. The number of amides is 1. The maximum absolute atomic E-state index is 12.1. The van der Waals surface area contributed by atoms with E-state index in [9.17, 15) is 9.18 Å². The highest BCUT2D eigenvalue weighted by atomic mass is 19.1. The van der Waals surface area contributed by atoms with Crippen LogP contribution in [0.4, 0.5) is 4.39 Å². The van der Waals surface area contributed by atoms with E-state index in [-0.39, 0.29) is 11.4 Å². The molecule has 1 heterocycles. The zero-order chi connectivity index (χ0) is 11.5. The second-order valence-corrected chi connectivity index (χ2v) is 3.15. The summed E-state index contributed by atoms with van der Waals surface area (Å²) in [5.74, 6) is -0.768. The van der Waals surface area contributed by atoms with Crippen LogP contribution < -0.4 is 10.5 Å². The van der Waals surface area contributed by atoms with Gasteiger partial charge in [-0.2, -0.15) is 0 Å². The molecule has 0 radical (unpaired) electrons. The van der Waals surface area contributed by atoms with Gasteiger partial charge in [0.2, 0.25) is 12.7 Å². The first-order chi connectivity index (χ1) is 7.72. The van der Waals surface area contributed by atoms with Crippen LogP contribution in [0.5, 0.6) is 5.88 Å². The van der Waals surface area contributed by atoms with Crippen LogP contribution in [0.15, 0.2) is 30.3 Å². The first-order valence-electron chi connectivity index (χ1n) is 4.60. The van der Waals surface area contributed by atoms with Crippen LogP contribution in [-0.2, 0) is 0 Å². The third kappa shape index (κ3) is 1.79. The summed E-state index contributed by atoms with van der Waals surface area (Å²) in [4.78, 5) is 15.1. The average Bonchev–Trinajstić information content (AvgIpc) is 2.28. The number of halogens is 1. The van der Waals surface area contributed by atoms with Crippen molar-refractivity contribution in [1.82, 2.24) is 4.98 Å². The Bertz CT molecular complexity index is 542. The summed E-state index contributed by atoms with van der Waals surface area (Å²) in [5, 5.41) is 0.752. The summed E-state index contributed by atoms with van der Waals surface area (Å²) < 4.78 is 16.7. The maximum atomic E-state index is 12.1. The van der Waals surface area contributed by atoms with Gasteiger partial charge in [0, 0.05) is 5.39 Å². The van der Waals surface area contributed by atoms with Gasteiger partial charge in [0.25, 0.3) is 5.91 Å². The molecule has 1 aromatic heterocycles. The molecule has 5 heteroatoms. The molecule has 82 valence electrons. The van der Waals surface area contributed by atoms with E-state index in [1.54, 1.807) is 18.2 Å². The number of alkyl halides is 1. The number of nitrogens with two attached hydrogens (primary N) is 1. The lowest BCUT2D eigenvalue weighted by molar-refractivity contribution is 0.0991. The number of ether oxygens (including phenoxy) is 1. The minimum Gasteiger partial charge on any atom is -0.445 e. The molecular formula is C11H9FN2O2. The number of hydrogen-bond donors (Lipinski definition) is 1. The highest BCUT2D eigenvalue weighted by molar-refractivity contribution is 5.98. The van der Waals surface area contributed by atoms with Crippen LogP contribution in [0.1, 0.15) is 10.4 Å². The first kappa shape index (κ1) is 10.4. The van der Waals surface area contributed by atoms with Crippen LogP contribution in [0.25, 0.3) is 10.9 Å². The van der Waals surface area contributed by atoms with E-state index < -0.39 is 12.8 Å². The van der Waals surface area contributed by atoms with Crippen molar-refractivity contribution in [3.63, 3.8) is 0 Å². The third-order valence-corrected chi connectivity index (χ3v) is 2.15. The Kier molecular flexibility index (Phi) is 2.68. The Labute approximate surface area is 90.8 Å². The number of carbonyl (C=O) groups is 1. The molecule has 0 aliphatic heterocycles. The Hall–Kier alpha value is -2.17. The molecule has 0 atom stereocenters. The number of aromatic nitrogens is 1. The highest BCUT2D eigenvalue weighted by Crippen LogP contribution is 2.21. The van der Waals surface area contributed by atoms with Crippen LogP contribution in [0, 0.1) is 0 Å². The van der Waals surface area contributed by atoms with Gasteiger partial charge in [-0.15, -0.1) is 0 Å².